The molecule has 16 heteroatoms. The predicted molar refractivity (Wildman–Crippen MR) is 240 cm³/mol. The average molecular weight is 897 g/mol. The lowest BCUT2D eigenvalue weighted by Crippen LogP contribution is -2.17. The van der Waals surface area contributed by atoms with Crippen LogP contribution in [0.25, 0.3) is 21.8 Å². The van der Waals surface area contributed by atoms with Gasteiger partial charge in [0.15, 0.2) is 0 Å². The van der Waals surface area contributed by atoms with E-state index in [-0.39, 0.29) is 72.0 Å². The average Bonchev–Trinajstić information content (AvgIpc) is 3.64. The smallest absolute Gasteiger partial charge is 0.463 e. The molecule has 0 saturated carbocycles. The summed E-state index contributed by atoms with van der Waals surface area (Å²) < 4.78 is 43.6. The quantitative estimate of drug-likeness (QED) is 0.0118. The van der Waals surface area contributed by atoms with Crippen LogP contribution in [0.15, 0.2) is 135 Å². The van der Waals surface area contributed by atoms with E-state index in [0.29, 0.717) is 36.7 Å². The van der Waals surface area contributed by atoms with Gasteiger partial charge < -0.3 is 37.9 Å². The van der Waals surface area contributed by atoms with Crippen LogP contribution in [0, 0.1) is 12.3 Å². The molecule has 0 amide bonds. The number of fused-ring (bicyclic) bond motifs is 3. The first kappa shape index (κ1) is 47.0. The van der Waals surface area contributed by atoms with Crippen molar-refractivity contribution >= 4 is 63.8 Å². The summed E-state index contributed by atoms with van der Waals surface area (Å²) in [5.74, 6) is -2.51. The van der Waals surface area contributed by atoms with E-state index in [9.17, 15) is 34.2 Å². The highest BCUT2D eigenvalue weighted by molar-refractivity contribution is 6.18. The molecule has 338 valence electrons. The molecule has 1 N–H and O–H groups in total. The van der Waals surface area contributed by atoms with Gasteiger partial charge in [-0.1, -0.05) is 43.0 Å². The van der Waals surface area contributed by atoms with E-state index in [1.807, 2.05) is 49.4 Å². The molecular weight excluding hydrogens is 853 g/mol. The van der Waals surface area contributed by atoms with E-state index in [1.165, 1.54) is 66.7 Å². The summed E-state index contributed by atoms with van der Waals surface area (Å²) >= 11 is 0. The Morgan fingerprint density at radius 2 is 1.02 bits per heavy atom. The van der Waals surface area contributed by atoms with Crippen LogP contribution < -0.4 is 18.9 Å². The van der Waals surface area contributed by atoms with Gasteiger partial charge >= 0.3 is 36.2 Å². The lowest BCUT2D eigenvalue weighted by atomic mass is 10.1. The summed E-state index contributed by atoms with van der Waals surface area (Å²) in [6, 6.07) is 28.8. The van der Waals surface area contributed by atoms with Crippen molar-refractivity contribution in [2.75, 3.05) is 26.4 Å². The van der Waals surface area contributed by atoms with E-state index in [2.05, 4.69) is 13.2 Å². The van der Waals surface area contributed by atoms with Crippen molar-refractivity contribution in [2.24, 2.45) is 0 Å². The third kappa shape index (κ3) is 12.6. The van der Waals surface area contributed by atoms with E-state index < -0.39 is 36.2 Å². The van der Waals surface area contributed by atoms with Gasteiger partial charge in [-0.15, -0.1) is 0 Å². The molecule has 0 radical (unpaired) electrons. The van der Waals surface area contributed by atoms with Crippen LogP contribution in [0.2, 0.25) is 0 Å². The number of ether oxygens (including phenoxy) is 8. The molecule has 1 aromatic heterocycles. The molecule has 6 rings (SSSR count). The fourth-order valence-electron chi connectivity index (χ4n) is 6.37. The molecule has 0 saturated heterocycles. The molecule has 0 spiro atoms. The lowest BCUT2D eigenvalue weighted by Gasteiger charge is -2.16. The Hall–Kier alpha value is -8.53. The molecule has 0 atom stereocenters. The number of para-hydroxylation sites is 1. The SMILES string of the molecule is C=CC(=O)OCCCCOC(=O)Oc1ccc(C(=O)Oc2ccc(OC(=O)c3ccc(OC(=O)OCCCCOC(=O)C=C)cc3)c(C(=N)n3c4ccccc4c4cc(C)ccc43)c2)cc1. The van der Waals surface area contributed by atoms with E-state index in [0.717, 1.165) is 28.5 Å². The van der Waals surface area contributed by atoms with Crippen molar-refractivity contribution in [2.45, 2.75) is 32.6 Å². The van der Waals surface area contributed by atoms with Crippen LogP contribution in [0.4, 0.5) is 9.59 Å². The molecule has 16 nitrogen and oxygen atoms in total. The third-order valence-corrected chi connectivity index (χ3v) is 9.59. The van der Waals surface area contributed by atoms with Gasteiger partial charge in [0, 0.05) is 22.9 Å². The number of unbranched alkanes of at least 4 members (excludes halogenated alkanes) is 2. The molecule has 0 aliphatic heterocycles. The third-order valence-electron chi connectivity index (χ3n) is 9.59. The maximum absolute atomic E-state index is 13.6. The van der Waals surface area contributed by atoms with Gasteiger partial charge in [-0.05, 0) is 118 Å². The van der Waals surface area contributed by atoms with Crippen LogP contribution in [0.5, 0.6) is 23.0 Å². The predicted octanol–water partition coefficient (Wildman–Crippen LogP) is 9.46. The van der Waals surface area contributed by atoms with E-state index >= 15 is 0 Å². The van der Waals surface area contributed by atoms with Crippen molar-refractivity contribution in [1.82, 2.24) is 4.57 Å². The zero-order chi connectivity index (χ0) is 47.0. The summed E-state index contributed by atoms with van der Waals surface area (Å²) in [6.07, 6.45) is 1.99. The zero-order valence-corrected chi connectivity index (χ0v) is 35.8. The van der Waals surface area contributed by atoms with Crippen LogP contribution in [0.3, 0.4) is 0 Å². The normalized spacial score (nSPS) is 10.6. The van der Waals surface area contributed by atoms with Crippen molar-refractivity contribution in [1.29, 1.82) is 5.41 Å². The van der Waals surface area contributed by atoms with Gasteiger partial charge in [0.05, 0.1) is 54.2 Å². The summed E-state index contributed by atoms with van der Waals surface area (Å²) in [4.78, 5) is 73.6. The molecule has 1 heterocycles. The van der Waals surface area contributed by atoms with E-state index in [4.69, 9.17) is 37.9 Å². The highest BCUT2D eigenvalue weighted by Crippen LogP contribution is 2.34. The Morgan fingerprint density at radius 3 is 1.56 bits per heavy atom. The first-order chi connectivity index (χ1) is 31.9. The maximum atomic E-state index is 13.6. The molecule has 6 aromatic rings. The lowest BCUT2D eigenvalue weighted by molar-refractivity contribution is -0.138. The number of carbonyl (C=O) groups excluding carboxylic acids is 6. The van der Waals surface area contributed by atoms with Gasteiger partial charge in [0.25, 0.3) is 0 Å². The molecule has 0 aliphatic rings. The first-order valence-corrected chi connectivity index (χ1v) is 20.6. The fourth-order valence-corrected chi connectivity index (χ4v) is 6.37. The number of hydrogen-bond acceptors (Lipinski definition) is 15. The fraction of sp³-hybridized carbons (Fsp3) is 0.180. The van der Waals surface area contributed by atoms with Gasteiger partial charge in [0.1, 0.15) is 28.8 Å². The summed E-state index contributed by atoms with van der Waals surface area (Å²) in [6.45, 7) is 8.99. The Labute approximate surface area is 378 Å². The monoisotopic (exact) mass is 896 g/mol. The van der Waals surface area contributed by atoms with Crippen molar-refractivity contribution < 1.29 is 66.7 Å². The first-order valence-electron chi connectivity index (χ1n) is 20.6. The highest BCUT2D eigenvalue weighted by atomic mass is 16.7. The van der Waals surface area contributed by atoms with Crippen LogP contribution in [-0.2, 0) is 28.5 Å². The maximum Gasteiger partial charge on any atom is 0.513 e. The van der Waals surface area contributed by atoms with Crippen molar-refractivity contribution in [3.63, 3.8) is 0 Å². The van der Waals surface area contributed by atoms with Gasteiger partial charge in [-0.2, -0.15) is 0 Å². The van der Waals surface area contributed by atoms with Crippen LogP contribution in [0.1, 0.15) is 57.5 Å². The van der Waals surface area contributed by atoms with Gasteiger partial charge in [-0.25, -0.2) is 28.8 Å². The molecule has 0 bridgehead atoms. The van der Waals surface area contributed by atoms with Gasteiger partial charge in [-0.3, -0.25) is 9.98 Å². The largest absolute Gasteiger partial charge is 0.513 e. The summed E-state index contributed by atoms with van der Waals surface area (Å²) in [5.41, 5.74) is 2.76. The number of esters is 4. The highest BCUT2D eigenvalue weighted by Gasteiger charge is 2.22. The summed E-state index contributed by atoms with van der Waals surface area (Å²) in [5, 5.41) is 11.4. The van der Waals surface area contributed by atoms with Crippen LogP contribution in [-0.4, -0.2) is 73.0 Å². The number of carbonyl (C=O) groups is 6. The number of hydrogen-bond donors (Lipinski definition) is 1. The second-order valence-electron chi connectivity index (χ2n) is 14.3. The minimum atomic E-state index is -0.961. The molecule has 0 aliphatic carbocycles. The minimum Gasteiger partial charge on any atom is -0.463 e. The Kier molecular flexibility index (Phi) is 16.2. The number of benzene rings is 5. The number of aryl methyl sites for hydroxylation is 1. The molecule has 0 fully saturated rings. The Balaban J connectivity index is 1.15. The Morgan fingerprint density at radius 1 is 0.530 bits per heavy atom. The number of nitrogens with one attached hydrogen (secondary N) is 1. The number of nitrogens with zero attached hydrogens (tertiary/aromatic N) is 1. The van der Waals surface area contributed by atoms with Crippen molar-refractivity contribution in [3.8, 4) is 23.0 Å². The second kappa shape index (κ2) is 22.7. The van der Waals surface area contributed by atoms with Gasteiger partial charge in [0.2, 0.25) is 0 Å². The standard InChI is InChI=1S/C50H44N2O14/c1-4-44(53)59-26-8-10-28-61-49(57)64-35-19-15-33(16-20-35)47(55)63-37-23-25-43(40(31-37)46(51)52-41-13-7-6-12-38(41)39-30-32(3)14-24-42(39)52)66-48(56)34-17-21-36(22-18-34)65-50(58)62-29-11-9-27-60-45(54)5-2/h4-7,12-25,30-31,51H,1-2,8-11,26-29H2,3H3. The molecular formula is C50H44N2O14. The number of aromatic nitrogens is 1. The Bertz CT molecular complexity index is 2790. The van der Waals surface area contributed by atoms with Crippen molar-refractivity contribution in [3.05, 3.63) is 157 Å². The summed E-state index contributed by atoms with van der Waals surface area (Å²) in [7, 11) is 0. The molecule has 66 heavy (non-hydrogen) atoms. The molecule has 0 unspecified atom stereocenters. The zero-order valence-electron chi connectivity index (χ0n) is 35.8. The topological polar surface area (TPSA) is 205 Å². The minimum absolute atomic E-state index is 0.0180. The molecule has 5 aromatic carbocycles. The second-order valence-corrected chi connectivity index (χ2v) is 14.3. The number of rotatable bonds is 19. The van der Waals surface area contributed by atoms with E-state index in [1.54, 1.807) is 4.57 Å². The van der Waals surface area contributed by atoms with Crippen LogP contribution >= 0.6 is 0 Å².